The third kappa shape index (κ3) is 4.20. The minimum Gasteiger partial charge on any atom is -0.494 e. The van der Waals surface area contributed by atoms with Crippen molar-refractivity contribution in [1.29, 1.82) is 0 Å². The molecule has 0 aliphatic carbocycles. The van der Waals surface area contributed by atoms with E-state index in [-0.39, 0.29) is 5.91 Å². The standard InChI is InChI=1S/C25H19BrClNO2/c1-2-30-21-13-7-17(8-14-21)15-19-16-24(18-9-11-20(27)12-10-18)28(25(19)29)23-6-4-3-5-22(23)26/h3-16H,2H2,1H3/b19-15+. The Bertz CT molecular complexity index is 1130. The molecule has 0 radical (unpaired) electrons. The third-order valence-electron chi connectivity index (χ3n) is 4.73. The van der Waals surface area contributed by atoms with Crippen LogP contribution in [0.15, 0.2) is 88.9 Å². The first-order valence-electron chi connectivity index (χ1n) is 9.58. The molecule has 3 aromatic rings. The van der Waals surface area contributed by atoms with Gasteiger partial charge < -0.3 is 4.74 Å². The van der Waals surface area contributed by atoms with Gasteiger partial charge in [-0.3, -0.25) is 9.69 Å². The number of benzene rings is 3. The number of hydrogen-bond donors (Lipinski definition) is 0. The number of carbonyl (C=O) groups excluding carboxylic acids is 1. The fraction of sp³-hybridized carbons (Fsp3) is 0.0800. The molecule has 0 aromatic heterocycles. The molecule has 0 saturated carbocycles. The molecular formula is C25H19BrClNO2. The number of hydrogen-bond acceptors (Lipinski definition) is 2. The lowest BCUT2D eigenvalue weighted by Crippen LogP contribution is -2.25. The second-order valence-electron chi connectivity index (χ2n) is 6.73. The number of amides is 1. The van der Waals surface area contributed by atoms with Crippen molar-refractivity contribution in [3.05, 3.63) is 105 Å². The monoisotopic (exact) mass is 479 g/mol. The molecule has 1 aliphatic heterocycles. The third-order valence-corrected chi connectivity index (χ3v) is 5.65. The number of rotatable bonds is 5. The van der Waals surface area contributed by atoms with Crippen LogP contribution in [0.2, 0.25) is 5.02 Å². The summed E-state index contributed by atoms with van der Waals surface area (Å²) in [6, 6.07) is 22.9. The van der Waals surface area contributed by atoms with Gasteiger partial charge in [-0.1, -0.05) is 48.0 Å². The average Bonchev–Trinajstić information content (AvgIpc) is 3.06. The van der Waals surface area contributed by atoms with Crippen molar-refractivity contribution in [2.24, 2.45) is 0 Å². The zero-order valence-electron chi connectivity index (χ0n) is 16.3. The summed E-state index contributed by atoms with van der Waals surface area (Å²) in [4.78, 5) is 15.1. The largest absolute Gasteiger partial charge is 0.494 e. The van der Waals surface area contributed by atoms with Crippen molar-refractivity contribution < 1.29 is 9.53 Å². The molecule has 0 N–H and O–H groups in total. The van der Waals surface area contributed by atoms with Crippen LogP contribution in [0.4, 0.5) is 5.69 Å². The van der Waals surface area contributed by atoms with E-state index in [0.717, 1.165) is 32.7 Å². The van der Waals surface area contributed by atoms with Gasteiger partial charge in [-0.2, -0.15) is 0 Å². The van der Waals surface area contributed by atoms with Crippen molar-refractivity contribution in [2.45, 2.75) is 6.92 Å². The van der Waals surface area contributed by atoms with Crippen LogP contribution < -0.4 is 9.64 Å². The zero-order valence-corrected chi connectivity index (χ0v) is 18.7. The highest BCUT2D eigenvalue weighted by molar-refractivity contribution is 9.10. The lowest BCUT2D eigenvalue weighted by atomic mass is 10.1. The quantitative estimate of drug-likeness (QED) is 0.369. The van der Waals surface area contributed by atoms with Crippen LogP contribution in [0.5, 0.6) is 5.75 Å². The highest BCUT2D eigenvalue weighted by Crippen LogP contribution is 2.38. The molecule has 4 rings (SSSR count). The molecule has 0 unspecified atom stereocenters. The Morgan fingerprint density at radius 2 is 1.70 bits per heavy atom. The summed E-state index contributed by atoms with van der Waals surface area (Å²) in [7, 11) is 0. The van der Waals surface area contributed by atoms with Gasteiger partial charge in [0.25, 0.3) is 5.91 Å². The first-order chi connectivity index (χ1) is 14.6. The second kappa shape index (κ2) is 8.90. The van der Waals surface area contributed by atoms with E-state index < -0.39 is 0 Å². The second-order valence-corrected chi connectivity index (χ2v) is 8.02. The summed E-state index contributed by atoms with van der Waals surface area (Å²) in [5.74, 6) is 0.727. The van der Waals surface area contributed by atoms with Crippen molar-refractivity contribution in [3.8, 4) is 5.75 Å². The van der Waals surface area contributed by atoms with Gasteiger partial charge in [0.2, 0.25) is 0 Å². The lowest BCUT2D eigenvalue weighted by molar-refractivity contribution is -0.113. The predicted molar refractivity (Wildman–Crippen MR) is 127 cm³/mol. The van der Waals surface area contributed by atoms with Gasteiger partial charge in [-0.05, 0) is 82.5 Å². The molecule has 1 heterocycles. The lowest BCUT2D eigenvalue weighted by Gasteiger charge is -2.22. The average molecular weight is 481 g/mol. The summed E-state index contributed by atoms with van der Waals surface area (Å²) in [5.41, 5.74) is 4.06. The van der Waals surface area contributed by atoms with Gasteiger partial charge in [-0.15, -0.1) is 0 Å². The highest BCUT2D eigenvalue weighted by atomic mass is 79.9. The maximum atomic E-state index is 13.4. The van der Waals surface area contributed by atoms with E-state index in [2.05, 4.69) is 15.9 Å². The van der Waals surface area contributed by atoms with Crippen molar-refractivity contribution in [3.63, 3.8) is 0 Å². The molecule has 0 fully saturated rings. The Labute approximate surface area is 189 Å². The summed E-state index contributed by atoms with van der Waals surface area (Å²) in [5, 5.41) is 0.654. The van der Waals surface area contributed by atoms with E-state index in [9.17, 15) is 4.79 Å². The number of nitrogens with zero attached hydrogens (tertiary/aromatic N) is 1. The van der Waals surface area contributed by atoms with Crippen molar-refractivity contribution >= 4 is 50.9 Å². The van der Waals surface area contributed by atoms with Crippen LogP contribution in [0.3, 0.4) is 0 Å². The number of carbonyl (C=O) groups is 1. The molecule has 0 atom stereocenters. The Balaban J connectivity index is 1.77. The summed E-state index contributed by atoms with van der Waals surface area (Å²) >= 11 is 9.65. The topological polar surface area (TPSA) is 29.5 Å². The van der Waals surface area contributed by atoms with Gasteiger partial charge in [0.15, 0.2) is 0 Å². The molecule has 150 valence electrons. The van der Waals surface area contributed by atoms with E-state index in [1.807, 2.05) is 91.9 Å². The van der Waals surface area contributed by atoms with Crippen LogP contribution in [0.1, 0.15) is 18.1 Å². The molecule has 1 aliphatic rings. The van der Waals surface area contributed by atoms with Gasteiger partial charge in [0.1, 0.15) is 5.75 Å². The minimum atomic E-state index is -0.0827. The molecule has 30 heavy (non-hydrogen) atoms. The SMILES string of the molecule is CCOc1ccc(/C=C2\C=C(c3ccc(Cl)cc3)N(c3ccccc3Br)C2=O)cc1. The van der Waals surface area contributed by atoms with Crippen LogP contribution >= 0.6 is 27.5 Å². The predicted octanol–water partition coefficient (Wildman–Crippen LogP) is 6.97. The van der Waals surface area contributed by atoms with Crippen LogP contribution in [-0.4, -0.2) is 12.5 Å². The van der Waals surface area contributed by atoms with Gasteiger partial charge >= 0.3 is 0 Å². The molecule has 0 bridgehead atoms. The van der Waals surface area contributed by atoms with Gasteiger partial charge in [0, 0.05) is 15.1 Å². The number of ether oxygens (including phenoxy) is 1. The summed E-state index contributed by atoms with van der Waals surface area (Å²) < 4.78 is 6.35. The first-order valence-corrected chi connectivity index (χ1v) is 10.7. The minimum absolute atomic E-state index is 0.0827. The molecule has 5 heteroatoms. The number of halogens is 2. The van der Waals surface area contributed by atoms with Crippen molar-refractivity contribution in [1.82, 2.24) is 0 Å². The van der Waals surface area contributed by atoms with Crippen molar-refractivity contribution in [2.75, 3.05) is 11.5 Å². The number of para-hydroxylation sites is 1. The normalized spacial score (nSPS) is 14.9. The molecule has 0 saturated heterocycles. The van der Waals surface area contributed by atoms with E-state index in [1.54, 1.807) is 4.90 Å². The highest BCUT2D eigenvalue weighted by Gasteiger charge is 2.31. The zero-order chi connectivity index (χ0) is 21.1. The Hall–Kier alpha value is -2.82. The summed E-state index contributed by atoms with van der Waals surface area (Å²) in [6.07, 6.45) is 3.81. The smallest absolute Gasteiger partial charge is 0.262 e. The molecule has 3 aromatic carbocycles. The van der Waals surface area contributed by atoms with Gasteiger partial charge in [-0.25, -0.2) is 0 Å². The fourth-order valence-electron chi connectivity index (χ4n) is 3.33. The van der Waals surface area contributed by atoms with Crippen LogP contribution in [0, 0.1) is 0 Å². The number of anilines is 1. The Morgan fingerprint density at radius 1 is 1.00 bits per heavy atom. The summed E-state index contributed by atoms with van der Waals surface area (Å²) in [6.45, 7) is 2.57. The molecule has 0 spiro atoms. The first kappa shape index (κ1) is 20.5. The Morgan fingerprint density at radius 3 is 2.37 bits per heavy atom. The maximum Gasteiger partial charge on any atom is 0.262 e. The van der Waals surface area contributed by atoms with Crippen LogP contribution in [0.25, 0.3) is 11.8 Å². The van der Waals surface area contributed by atoms with E-state index in [1.165, 1.54) is 0 Å². The fourth-order valence-corrected chi connectivity index (χ4v) is 3.92. The van der Waals surface area contributed by atoms with Crippen LogP contribution in [-0.2, 0) is 4.79 Å². The van der Waals surface area contributed by atoms with Gasteiger partial charge in [0.05, 0.1) is 18.0 Å². The Kier molecular flexibility index (Phi) is 6.07. The molecule has 1 amide bonds. The molecular weight excluding hydrogens is 462 g/mol. The van der Waals surface area contributed by atoms with E-state index in [0.29, 0.717) is 17.2 Å². The molecule has 3 nitrogen and oxygen atoms in total. The van der Waals surface area contributed by atoms with E-state index in [4.69, 9.17) is 16.3 Å². The van der Waals surface area contributed by atoms with E-state index >= 15 is 0 Å². The maximum absolute atomic E-state index is 13.4.